The van der Waals surface area contributed by atoms with Crippen molar-refractivity contribution in [3.05, 3.63) is 58.7 Å². The number of benzene rings is 2. The molecule has 0 bridgehead atoms. The molecule has 0 radical (unpaired) electrons. The number of aryl methyl sites for hydroxylation is 2. The summed E-state index contributed by atoms with van der Waals surface area (Å²) in [6.45, 7) is 12.6. The Morgan fingerprint density at radius 1 is 1.08 bits per heavy atom. The molecule has 0 fully saturated rings. The van der Waals surface area contributed by atoms with Crippen molar-refractivity contribution in [1.82, 2.24) is 5.32 Å². The smallest absolute Gasteiger partial charge is 0.321 e. The first-order chi connectivity index (χ1) is 11.7. The third-order valence-corrected chi connectivity index (χ3v) is 4.26. The fourth-order valence-electron chi connectivity index (χ4n) is 2.59. The van der Waals surface area contributed by atoms with Crippen molar-refractivity contribution >= 4 is 11.7 Å². The van der Waals surface area contributed by atoms with Gasteiger partial charge in [-0.15, -0.1) is 0 Å². The molecule has 0 saturated heterocycles. The first-order valence-corrected chi connectivity index (χ1v) is 8.53. The molecule has 2 rings (SSSR count). The zero-order valence-corrected chi connectivity index (χ0v) is 16.0. The second kappa shape index (κ2) is 7.60. The van der Waals surface area contributed by atoms with Gasteiger partial charge in [-0.25, -0.2) is 4.79 Å². The summed E-state index contributed by atoms with van der Waals surface area (Å²) in [4.78, 5) is 12.1. The van der Waals surface area contributed by atoms with Crippen LogP contribution in [0.5, 0.6) is 5.75 Å². The maximum absolute atomic E-state index is 12.1. The molecule has 25 heavy (non-hydrogen) atoms. The van der Waals surface area contributed by atoms with Gasteiger partial charge in [-0.05, 0) is 55.0 Å². The van der Waals surface area contributed by atoms with Gasteiger partial charge < -0.3 is 15.4 Å². The average Bonchev–Trinajstić information content (AvgIpc) is 2.52. The summed E-state index contributed by atoms with van der Waals surface area (Å²) in [6.07, 6.45) is 0. The van der Waals surface area contributed by atoms with Crippen molar-refractivity contribution in [2.45, 2.75) is 47.0 Å². The Bertz CT molecular complexity index is 761. The topological polar surface area (TPSA) is 50.4 Å². The van der Waals surface area contributed by atoms with E-state index in [0.29, 0.717) is 0 Å². The zero-order valence-electron chi connectivity index (χ0n) is 16.0. The molecule has 4 nitrogen and oxygen atoms in total. The molecule has 0 aliphatic heterocycles. The lowest BCUT2D eigenvalue weighted by Gasteiger charge is -2.23. The fourth-order valence-corrected chi connectivity index (χ4v) is 2.59. The highest BCUT2D eigenvalue weighted by atomic mass is 16.5. The number of amides is 2. The number of urea groups is 1. The summed E-state index contributed by atoms with van der Waals surface area (Å²) in [5.74, 6) is 0.796. The van der Waals surface area contributed by atoms with E-state index in [2.05, 4.69) is 44.4 Å². The summed E-state index contributed by atoms with van der Waals surface area (Å²) < 4.78 is 5.81. The molecule has 0 atom stereocenters. The highest BCUT2D eigenvalue weighted by Crippen LogP contribution is 2.32. The molecular formula is C21H28N2O2. The summed E-state index contributed by atoms with van der Waals surface area (Å²) in [5.41, 5.74) is 5.31. The predicted octanol–water partition coefficient (Wildman–Crippen LogP) is 5.07. The molecule has 0 aromatic heterocycles. The molecule has 2 aromatic carbocycles. The lowest BCUT2D eigenvalue weighted by Crippen LogP contribution is -2.32. The van der Waals surface area contributed by atoms with E-state index in [4.69, 9.17) is 4.74 Å². The summed E-state index contributed by atoms with van der Waals surface area (Å²) >= 11 is 0. The van der Waals surface area contributed by atoms with Gasteiger partial charge in [0, 0.05) is 5.69 Å². The van der Waals surface area contributed by atoms with Gasteiger partial charge in [0.05, 0.1) is 0 Å². The van der Waals surface area contributed by atoms with Crippen LogP contribution >= 0.6 is 0 Å². The first kappa shape index (κ1) is 18.8. The lowest BCUT2D eigenvalue weighted by molar-refractivity contribution is 0.233. The molecule has 0 aliphatic carbocycles. The molecule has 0 unspecified atom stereocenters. The number of hydrogen-bond acceptors (Lipinski definition) is 2. The minimum absolute atomic E-state index is 0.0255. The number of anilines is 1. The van der Waals surface area contributed by atoms with Crippen LogP contribution in [0.15, 0.2) is 36.4 Å². The second-order valence-electron chi connectivity index (χ2n) is 7.42. The van der Waals surface area contributed by atoms with Gasteiger partial charge >= 0.3 is 6.03 Å². The van der Waals surface area contributed by atoms with E-state index in [-0.39, 0.29) is 18.2 Å². The van der Waals surface area contributed by atoms with E-state index in [1.165, 1.54) is 5.56 Å². The third-order valence-electron chi connectivity index (χ3n) is 4.26. The summed E-state index contributed by atoms with van der Waals surface area (Å²) in [5, 5.41) is 5.61. The molecule has 134 valence electrons. The molecule has 4 heteroatoms. The highest BCUT2D eigenvalue weighted by molar-refractivity contribution is 5.90. The molecule has 2 amide bonds. The molecule has 0 spiro atoms. The van der Waals surface area contributed by atoms with E-state index in [1.807, 2.05) is 44.2 Å². The maximum Gasteiger partial charge on any atom is 0.321 e. The Labute approximate surface area is 150 Å². The predicted molar refractivity (Wildman–Crippen MR) is 103 cm³/mol. The molecule has 0 aliphatic rings. The van der Waals surface area contributed by atoms with Gasteiger partial charge in [-0.3, -0.25) is 0 Å². The molecule has 2 aromatic rings. The number of hydrogen-bond donors (Lipinski definition) is 2. The standard InChI is InChI=1S/C21H28N2O2/c1-14-10-11-19(17(12-14)21(4,5)6)25-13-22-20(24)23-18-9-7-8-15(2)16(18)3/h7-12H,13H2,1-6H3,(H2,22,23,24). The SMILES string of the molecule is Cc1ccc(OCNC(=O)Nc2cccc(C)c2C)c(C(C)(C)C)c1. The number of ether oxygens (including phenoxy) is 1. The zero-order chi connectivity index (χ0) is 18.6. The van der Waals surface area contributed by atoms with Gasteiger partial charge in [-0.2, -0.15) is 0 Å². The average molecular weight is 340 g/mol. The molecule has 0 saturated carbocycles. The van der Waals surface area contributed by atoms with E-state index in [1.54, 1.807) is 0 Å². The first-order valence-electron chi connectivity index (χ1n) is 8.53. The van der Waals surface area contributed by atoms with Crippen LogP contribution in [0.4, 0.5) is 10.5 Å². The minimum Gasteiger partial charge on any atom is -0.473 e. The van der Waals surface area contributed by atoms with Crippen molar-refractivity contribution in [3.8, 4) is 5.75 Å². The summed E-state index contributed by atoms with van der Waals surface area (Å²) in [6, 6.07) is 11.7. The molecule has 0 heterocycles. The lowest BCUT2D eigenvalue weighted by atomic mass is 9.85. The van der Waals surface area contributed by atoms with Crippen LogP contribution in [0, 0.1) is 20.8 Å². The normalized spacial score (nSPS) is 11.1. The third kappa shape index (κ3) is 4.99. The monoisotopic (exact) mass is 340 g/mol. The highest BCUT2D eigenvalue weighted by Gasteiger charge is 2.19. The summed E-state index contributed by atoms with van der Waals surface area (Å²) in [7, 11) is 0. The van der Waals surface area contributed by atoms with Crippen LogP contribution < -0.4 is 15.4 Å². The quantitative estimate of drug-likeness (QED) is 0.764. The number of nitrogens with one attached hydrogen (secondary N) is 2. The van der Waals surface area contributed by atoms with Crippen LogP contribution in [0.3, 0.4) is 0 Å². The maximum atomic E-state index is 12.1. The van der Waals surface area contributed by atoms with Crippen LogP contribution in [0.2, 0.25) is 0 Å². The van der Waals surface area contributed by atoms with Crippen LogP contribution in [-0.4, -0.2) is 12.8 Å². The number of carbonyl (C=O) groups excluding carboxylic acids is 1. The van der Waals surface area contributed by atoms with E-state index >= 15 is 0 Å². The van der Waals surface area contributed by atoms with Crippen LogP contribution in [0.1, 0.15) is 43.0 Å². The van der Waals surface area contributed by atoms with Crippen molar-refractivity contribution in [3.63, 3.8) is 0 Å². The Morgan fingerprint density at radius 3 is 2.48 bits per heavy atom. The van der Waals surface area contributed by atoms with Gasteiger partial charge in [0.15, 0.2) is 6.73 Å². The number of carbonyl (C=O) groups is 1. The Hall–Kier alpha value is -2.49. The van der Waals surface area contributed by atoms with Crippen LogP contribution in [-0.2, 0) is 5.41 Å². The molecule has 2 N–H and O–H groups in total. The van der Waals surface area contributed by atoms with Crippen molar-refractivity contribution in [2.24, 2.45) is 0 Å². The van der Waals surface area contributed by atoms with E-state index in [9.17, 15) is 4.79 Å². The second-order valence-corrected chi connectivity index (χ2v) is 7.42. The largest absolute Gasteiger partial charge is 0.473 e. The van der Waals surface area contributed by atoms with E-state index in [0.717, 1.165) is 28.1 Å². The molecular weight excluding hydrogens is 312 g/mol. The Morgan fingerprint density at radius 2 is 1.80 bits per heavy atom. The Kier molecular flexibility index (Phi) is 5.73. The van der Waals surface area contributed by atoms with Crippen molar-refractivity contribution in [2.75, 3.05) is 12.0 Å². The number of rotatable bonds is 4. The minimum atomic E-state index is -0.280. The van der Waals surface area contributed by atoms with E-state index < -0.39 is 0 Å². The fraction of sp³-hybridized carbons (Fsp3) is 0.381. The van der Waals surface area contributed by atoms with Gasteiger partial charge in [-0.1, -0.05) is 50.6 Å². The van der Waals surface area contributed by atoms with Crippen molar-refractivity contribution in [1.29, 1.82) is 0 Å². The van der Waals surface area contributed by atoms with Gasteiger partial charge in [0.1, 0.15) is 5.75 Å². The van der Waals surface area contributed by atoms with Crippen molar-refractivity contribution < 1.29 is 9.53 Å². The van der Waals surface area contributed by atoms with Gasteiger partial charge in [0.2, 0.25) is 0 Å². The van der Waals surface area contributed by atoms with Gasteiger partial charge in [0.25, 0.3) is 0 Å². The van der Waals surface area contributed by atoms with Crippen LogP contribution in [0.25, 0.3) is 0 Å². The Balaban J connectivity index is 1.97.